The quantitative estimate of drug-likeness (QED) is 0.791. The van der Waals surface area contributed by atoms with E-state index in [1.54, 1.807) is 26.8 Å². The van der Waals surface area contributed by atoms with E-state index in [2.05, 4.69) is 4.98 Å². The van der Waals surface area contributed by atoms with Gasteiger partial charge in [-0.15, -0.1) is 0 Å². The van der Waals surface area contributed by atoms with Gasteiger partial charge in [0.2, 0.25) is 0 Å². The second-order valence-corrected chi connectivity index (χ2v) is 3.18. The molecule has 1 aromatic rings. The van der Waals surface area contributed by atoms with Gasteiger partial charge in [-0.3, -0.25) is 0 Å². The van der Waals surface area contributed by atoms with Crippen LogP contribution in [-0.4, -0.2) is 30.1 Å². The van der Waals surface area contributed by atoms with Crippen molar-refractivity contribution < 1.29 is 19.1 Å². The molecule has 5 heteroatoms. The van der Waals surface area contributed by atoms with Crippen LogP contribution in [-0.2, 0) is 9.47 Å². The van der Waals surface area contributed by atoms with Crippen molar-refractivity contribution in [3.05, 3.63) is 23.0 Å². The Balaban J connectivity index is 2.99. The normalized spacial score (nSPS) is 9.94. The third kappa shape index (κ3) is 2.62. The third-order valence-corrected chi connectivity index (χ3v) is 1.93. The average molecular weight is 225 g/mol. The summed E-state index contributed by atoms with van der Waals surface area (Å²) in [5.74, 6) is -1.06. The first kappa shape index (κ1) is 12.3. The highest BCUT2D eigenvalue weighted by atomic mass is 16.5. The lowest BCUT2D eigenvalue weighted by atomic mass is 10.2. The van der Waals surface area contributed by atoms with Crippen molar-refractivity contribution in [3.8, 4) is 0 Å². The largest absolute Gasteiger partial charge is 0.462 e. The molecule has 1 heterocycles. The lowest BCUT2D eigenvalue weighted by Crippen LogP contribution is -2.12. The van der Waals surface area contributed by atoms with Crippen LogP contribution in [0.2, 0.25) is 0 Å². The van der Waals surface area contributed by atoms with E-state index in [1.807, 2.05) is 0 Å². The number of carbonyl (C=O) groups is 2. The van der Waals surface area contributed by atoms with Gasteiger partial charge in [0, 0.05) is 5.69 Å². The van der Waals surface area contributed by atoms with Gasteiger partial charge >= 0.3 is 11.9 Å². The summed E-state index contributed by atoms with van der Waals surface area (Å²) in [6, 6.07) is 1.57. The number of ether oxygens (including phenoxy) is 2. The average Bonchev–Trinajstić information content (AvgIpc) is 2.61. The maximum absolute atomic E-state index is 11.5. The molecule has 1 rings (SSSR count). The van der Waals surface area contributed by atoms with Gasteiger partial charge in [-0.1, -0.05) is 0 Å². The fourth-order valence-corrected chi connectivity index (χ4v) is 1.32. The van der Waals surface area contributed by atoms with Crippen LogP contribution in [0.1, 0.15) is 40.4 Å². The highest BCUT2D eigenvalue weighted by molar-refractivity contribution is 6.02. The van der Waals surface area contributed by atoms with Crippen molar-refractivity contribution in [2.24, 2.45) is 0 Å². The molecule has 0 aliphatic rings. The number of hydrogen-bond donors (Lipinski definition) is 1. The summed E-state index contributed by atoms with van der Waals surface area (Å²) < 4.78 is 9.68. The Labute approximate surface area is 93.7 Å². The van der Waals surface area contributed by atoms with E-state index in [0.29, 0.717) is 5.69 Å². The Morgan fingerprint density at radius 2 is 1.75 bits per heavy atom. The first-order chi connectivity index (χ1) is 7.60. The molecule has 0 radical (unpaired) electrons. The molecule has 0 atom stereocenters. The number of aromatic nitrogens is 1. The van der Waals surface area contributed by atoms with E-state index in [1.165, 1.54) is 0 Å². The molecule has 0 amide bonds. The Morgan fingerprint density at radius 1 is 1.19 bits per heavy atom. The van der Waals surface area contributed by atoms with Crippen molar-refractivity contribution in [3.63, 3.8) is 0 Å². The Hall–Kier alpha value is -1.78. The SMILES string of the molecule is CCOC(=O)c1cc(C)[nH]c1C(=O)OCC. The maximum atomic E-state index is 11.5. The minimum atomic E-state index is -0.543. The van der Waals surface area contributed by atoms with Gasteiger partial charge in [0.25, 0.3) is 0 Å². The summed E-state index contributed by atoms with van der Waals surface area (Å²) in [6.45, 7) is 5.70. The van der Waals surface area contributed by atoms with Crippen molar-refractivity contribution in [1.82, 2.24) is 4.98 Å². The van der Waals surface area contributed by atoms with E-state index in [9.17, 15) is 9.59 Å². The number of hydrogen-bond acceptors (Lipinski definition) is 4. The highest BCUT2D eigenvalue weighted by Gasteiger charge is 2.21. The van der Waals surface area contributed by atoms with E-state index in [4.69, 9.17) is 9.47 Å². The molecular weight excluding hydrogens is 210 g/mol. The van der Waals surface area contributed by atoms with Gasteiger partial charge in [-0.2, -0.15) is 0 Å². The summed E-state index contributed by atoms with van der Waals surface area (Å²) in [7, 11) is 0. The third-order valence-electron chi connectivity index (χ3n) is 1.93. The van der Waals surface area contributed by atoms with Gasteiger partial charge in [-0.25, -0.2) is 9.59 Å². The van der Waals surface area contributed by atoms with Crippen LogP contribution in [0, 0.1) is 6.92 Å². The Morgan fingerprint density at radius 3 is 2.31 bits per heavy atom. The van der Waals surface area contributed by atoms with Gasteiger partial charge in [0.05, 0.1) is 18.8 Å². The van der Waals surface area contributed by atoms with Crippen molar-refractivity contribution in [2.75, 3.05) is 13.2 Å². The molecule has 5 nitrogen and oxygen atoms in total. The molecule has 0 saturated heterocycles. The van der Waals surface area contributed by atoms with Gasteiger partial charge in [0.1, 0.15) is 5.69 Å². The number of H-pyrrole nitrogens is 1. The lowest BCUT2D eigenvalue weighted by molar-refractivity contribution is 0.0475. The van der Waals surface area contributed by atoms with Crippen LogP contribution >= 0.6 is 0 Å². The van der Waals surface area contributed by atoms with E-state index >= 15 is 0 Å². The number of aryl methyl sites for hydroxylation is 1. The molecule has 0 spiro atoms. The fraction of sp³-hybridized carbons (Fsp3) is 0.455. The van der Waals surface area contributed by atoms with Gasteiger partial charge in [0.15, 0.2) is 0 Å². The number of carbonyl (C=O) groups excluding carboxylic acids is 2. The molecule has 0 saturated carbocycles. The summed E-state index contributed by atoms with van der Waals surface area (Å²) in [6.07, 6.45) is 0. The standard InChI is InChI=1S/C11H15NO4/c1-4-15-10(13)8-6-7(3)12-9(8)11(14)16-5-2/h6,12H,4-5H2,1-3H3. The second-order valence-electron chi connectivity index (χ2n) is 3.18. The summed E-state index contributed by atoms with van der Waals surface area (Å²) in [5, 5.41) is 0. The molecule has 88 valence electrons. The predicted molar refractivity (Wildman–Crippen MR) is 57.4 cm³/mol. The summed E-state index contributed by atoms with van der Waals surface area (Å²) in [4.78, 5) is 25.9. The zero-order valence-corrected chi connectivity index (χ0v) is 9.62. The molecule has 0 fully saturated rings. The van der Waals surface area contributed by atoms with Crippen LogP contribution in [0.5, 0.6) is 0 Å². The second kappa shape index (κ2) is 5.34. The number of nitrogens with one attached hydrogen (secondary N) is 1. The summed E-state index contributed by atoms with van der Waals surface area (Å²) >= 11 is 0. The maximum Gasteiger partial charge on any atom is 0.355 e. The molecule has 0 aliphatic carbocycles. The topological polar surface area (TPSA) is 68.4 Å². The van der Waals surface area contributed by atoms with Gasteiger partial charge in [-0.05, 0) is 26.8 Å². The molecule has 16 heavy (non-hydrogen) atoms. The fourth-order valence-electron chi connectivity index (χ4n) is 1.32. The number of esters is 2. The smallest absolute Gasteiger partial charge is 0.355 e. The lowest BCUT2D eigenvalue weighted by Gasteiger charge is -2.03. The minimum absolute atomic E-state index is 0.151. The van der Waals surface area contributed by atoms with Crippen LogP contribution in [0.15, 0.2) is 6.07 Å². The molecular formula is C11H15NO4. The zero-order valence-electron chi connectivity index (χ0n) is 9.62. The molecule has 0 bridgehead atoms. The Kier molecular flexibility index (Phi) is 4.10. The van der Waals surface area contributed by atoms with Crippen molar-refractivity contribution in [1.29, 1.82) is 0 Å². The zero-order chi connectivity index (χ0) is 12.1. The van der Waals surface area contributed by atoms with Gasteiger partial charge < -0.3 is 14.5 Å². The predicted octanol–water partition coefficient (Wildman–Crippen LogP) is 1.68. The molecule has 0 aromatic carbocycles. The molecule has 0 aliphatic heterocycles. The molecule has 0 unspecified atom stereocenters. The van der Waals surface area contributed by atoms with E-state index < -0.39 is 11.9 Å². The Bertz CT molecular complexity index is 359. The molecule has 1 N–H and O–H groups in total. The number of aromatic amines is 1. The summed E-state index contributed by atoms with van der Waals surface area (Å²) in [5.41, 5.74) is 1.08. The first-order valence-electron chi connectivity index (χ1n) is 5.14. The van der Waals surface area contributed by atoms with Crippen LogP contribution in [0.3, 0.4) is 0 Å². The van der Waals surface area contributed by atoms with E-state index in [0.717, 1.165) is 0 Å². The minimum Gasteiger partial charge on any atom is -0.462 e. The van der Waals surface area contributed by atoms with Crippen LogP contribution < -0.4 is 0 Å². The number of rotatable bonds is 4. The van der Waals surface area contributed by atoms with Crippen molar-refractivity contribution >= 4 is 11.9 Å². The molecule has 1 aromatic heterocycles. The van der Waals surface area contributed by atoms with E-state index in [-0.39, 0.29) is 24.5 Å². The van der Waals surface area contributed by atoms with Crippen LogP contribution in [0.4, 0.5) is 0 Å². The van der Waals surface area contributed by atoms with Crippen LogP contribution in [0.25, 0.3) is 0 Å². The first-order valence-corrected chi connectivity index (χ1v) is 5.14. The monoisotopic (exact) mass is 225 g/mol. The highest BCUT2D eigenvalue weighted by Crippen LogP contribution is 2.13. The van der Waals surface area contributed by atoms with Crippen molar-refractivity contribution in [2.45, 2.75) is 20.8 Å².